The summed E-state index contributed by atoms with van der Waals surface area (Å²) in [5, 5.41) is 0. The molecule has 0 aliphatic carbocycles. The number of hydrogen-bond donors (Lipinski definition) is 0. The van der Waals surface area contributed by atoms with E-state index < -0.39 is 0 Å². The van der Waals surface area contributed by atoms with Crippen LogP contribution in [0.5, 0.6) is 11.5 Å². The Balaban J connectivity index is 1.36. The van der Waals surface area contributed by atoms with Gasteiger partial charge in [0, 0.05) is 37.6 Å². The van der Waals surface area contributed by atoms with Crippen LogP contribution in [0.4, 0.5) is 0 Å². The van der Waals surface area contributed by atoms with Crippen LogP contribution in [-0.2, 0) is 24.4 Å². The summed E-state index contributed by atoms with van der Waals surface area (Å²) in [5.41, 5.74) is 3.52. The zero-order valence-corrected chi connectivity index (χ0v) is 19.2. The van der Waals surface area contributed by atoms with Crippen LogP contribution in [0.1, 0.15) is 30.0 Å². The second kappa shape index (κ2) is 11.5. The van der Waals surface area contributed by atoms with Gasteiger partial charge in [0.05, 0.1) is 19.6 Å². The summed E-state index contributed by atoms with van der Waals surface area (Å²) in [6.07, 6.45) is 4.01. The zero-order valence-electron chi connectivity index (χ0n) is 19.2. The van der Waals surface area contributed by atoms with Gasteiger partial charge in [-0.1, -0.05) is 31.2 Å². The maximum atomic E-state index is 12.8. The van der Waals surface area contributed by atoms with Crippen molar-refractivity contribution in [2.75, 3.05) is 26.3 Å². The Hall–Kier alpha value is -3.38. The molecule has 6 nitrogen and oxygen atoms in total. The molecule has 172 valence electrons. The van der Waals surface area contributed by atoms with Gasteiger partial charge in [0.1, 0.15) is 18.1 Å². The smallest absolute Gasteiger partial charge is 0.226 e. The number of benzene rings is 2. The van der Waals surface area contributed by atoms with Crippen molar-refractivity contribution in [2.45, 2.75) is 33.0 Å². The lowest BCUT2D eigenvalue weighted by atomic mass is 10.1. The maximum absolute atomic E-state index is 12.8. The molecule has 0 radical (unpaired) electrons. The number of pyridine rings is 1. The Morgan fingerprint density at radius 3 is 2.64 bits per heavy atom. The Morgan fingerprint density at radius 1 is 1.06 bits per heavy atom. The van der Waals surface area contributed by atoms with Crippen molar-refractivity contribution in [1.29, 1.82) is 0 Å². The third-order valence-corrected chi connectivity index (χ3v) is 5.79. The van der Waals surface area contributed by atoms with E-state index in [1.807, 2.05) is 53.7 Å². The quantitative estimate of drug-likeness (QED) is 0.492. The molecular formula is C27H31N3O3. The molecule has 1 amide bonds. The molecule has 1 aliphatic rings. The Labute approximate surface area is 195 Å². The zero-order chi connectivity index (χ0) is 22.9. The summed E-state index contributed by atoms with van der Waals surface area (Å²) in [7, 11) is 0. The van der Waals surface area contributed by atoms with Crippen LogP contribution in [0.3, 0.4) is 0 Å². The number of nitrogens with zero attached hydrogens (tertiary/aromatic N) is 3. The first-order chi connectivity index (χ1) is 16.2. The van der Waals surface area contributed by atoms with Crippen LogP contribution in [0.2, 0.25) is 0 Å². The van der Waals surface area contributed by atoms with E-state index in [4.69, 9.17) is 9.47 Å². The average Bonchev–Trinajstić information content (AvgIpc) is 3.07. The van der Waals surface area contributed by atoms with Crippen molar-refractivity contribution in [2.24, 2.45) is 0 Å². The predicted octanol–water partition coefficient (Wildman–Crippen LogP) is 4.29. The molecular weight excluding hydrogens is 414 g/mol. The molecule has 4 rings (SSSR count). The summed E-state index contributed by atoms with van der Waals surface area (Å²) in [4.78, 5) is 21.2. The number of carbonyl (C=O) groups is 1. The first kappa shape index (κ1) is 22.8. The van der Waals surface area contributed by atoms with Gasteiger partial charge in [0.25, 0.3) is 0 Å². The number of amides is 1. The fourth-order valence-electron chi connectivity index (χ4n) is 3.97. The Bertz CT molecular complexity index is 1030. The standard InChI is InChI=1S/C27H31N3O3/c1-2-29(19-22-10-13-28-14-11-22)20-23-8-9-26-24(18-23)21-30(15-17-33-26)27(31)12-16-32-25-6-4-3-5-7-25/h3-11,13-14,18H,2,12,15-17,19-21H2,1H3. The first-order valence-electron chi connectivity index (χ1n) is 11.5. The molecule has 1 aromatic heterocycles. The fourth-order valence-corrected chi connectivity index (χ4v) is 3.97. The highest BCUT2D eigenvalue weighted by molar-refractivity contribution is 5.76. The number of aromatic nitrogens is 1. The molecule has 0 unspecified atom stereocenters. The largest absolute Gasteiger partial charge is 0.493 e. The fraction of sp³-hybridized carbons (Fsp3) is 0.333. The average molecular weight is 446 g/mol. The maximum Gasteiger partial charge on any atom is 0.226 e. The number of rotatable bonds is 9. The number of para-hydroxylation sites is 1. The summed E-state index contributed by atoms with van der Waals surface area (Å²) in [5.74, 6) is 1.74. The molecule has 0 fully saturated rings. The first-order valence-corrected chi connectivity index (χ1v) is 11.5. The van der Waals surface area contributed by atoms with Gasteiger partial charge < -0.3 is 14.4 Å². The number of fused-ring (bicyclic) bond motifs is 1. The Morgan fingerprint density at radius 2 is 1.85 bits per heavy atom. The van der Waals surface area contributed by atoms with Crippen LogP contribution in [0.15, 0.2) is 73.1 Å². The third-order valence-electron chi connectivity index (χ3n) is 5.79. The second-order valence-corrected chi connectivity index (χ2v) is 8.18. The van der Waals surface area contributed by atoms with Crippen molar-refractivity contribution in [3.8, 4) is 11.5 Å². The van der Waals surface area contributed by atoms with E-state index in [0.717, 1.165) is 36.7 Å². The highest BCUT2D eigenvalue weighted by atomic mass is 16.5. The minimum atomic E-state index is 0.0839. The lowest BCUT2D eigenvalue weighted by molar-refractivity contribution is -0.132. The van der Waals surface area contributed by atoms with Crippen LogP contribution in [0.25, 0.3) is 0 Å². The minimum absolute atomic E-state index is 0.0839. The molecule has 6 heteroatoms. The van der Waals surface area contributed by atoms with E-state index in [2.05, 4.69) is 41.1 Å². The lowest BCUT2D eigenvalue weighted by Gasteiger charge is -2.22. The van der Waals surface area contributed by atoms with Gasteiger partial charge >= 0.3 is 0 Å². The van der Waals surface area contributed by atoms with E-state index in [0.29, 0.717) is 32.7 Å². The number of hydrogen-bond acceptors (Lipinski definition) is 5. The van der Waals surface area contributed by atoms with Gasteiger partial charge in [-0.25, -0.2) is 0 Å². The molecule has 0 bridgehead atoms. The Kier molecular flexibility index (Phi) is 7.93. The van der Waals surface area contributed by atoms with Gasteiger partial charge in [-0.05, 0) is 54.1 Å². The van der Waals surface area contributed by atoms with E-state index in [1.165, 1.54) is 11.1 Å². The monoisotopic (exact) mass is 445 g/mol. The molecule has 0 saturated carbocycles. The van der Waals surface area contributed by atoms with Crippen LogP contribution in [0, 0.1) is 0 Å². The van der Waals surface area contributed by atoms with Crippen LogP contribution < -0.4 is 9.47 Å². The summed E-state index contributed by atoms with van der Waals surface area (Å²) >= 11 is 0. The summed E-state index contributed by atoms with van der Waals surface area (Å²) < 4.78 is 11.6. The van der Waals surface area contributed by atoms with Gasteiger partial charge in [-0.2, -0.15) is 0 Å². The number of carbonyl (C=O) groups excluding carboxylic acids is 1. The van der Waals surface area contributed by atoms with Crippen molar-refractivity contribution in [1.82, 2.24) is 14.8 Å². The van der Waals surface area contributed by atoms with Gasteiger partial charge in [0.15, 0.2) is 0 Å². The highest BCUT2D eigenvalue weighted by Gasteiger charge is 2.20. The SMILES string of the molecule is CCN(Cc1ccncc1)Cc1ccc2c(c1)CN(C(=O)CCOc1ccccc1)CCO2. The molecule has 0 saturated heterocycles. The van der Waals surface area contributed by atoms with E-state index in [1.54, 1.807) is 0 Å². The topological polar surface area (TPSA) is 54.9 Å². The molecule has 3 aromatic rings. The molecule has 33 heavy (non-hydrogen) atoms. The second-order valence-electron chi connectivity index (χ2n) is 8.18. The minimum Gasteiger partial charge on any atom is -0.493 e. The molecule has 2 heterocycles. The van der Waals surface area contributed by atoms with Crippen LogP contribution >= 0.6 is 0 Å². The van der Waals surface area contributed by atoms with E-state index in [-0.39, 0.29) is 5.91 Å². The van der Waals surface area contributed by atoms with Crippen molar-refractivity contribution in [3.63, 3.8) is 0 Å². The van der Waals surface area contributed by atoms with Crippen molar-refractivity contribution >= 4 is 5.91 Å². The number of ether oxygens (including phenoxy) is 2. The van der Waals surface area contributed by atoms with Gasteiger partial charge in [-0.15, -0.1) is 0 Å². The van der Waals surface area contributed by atoms with Crippen LogP contribution in [-0.4, -0.2) is 47.0 Å². The third kappa shape index (κ3) is 6.56. The molecule has 0 spiro atoms. The highest BCUT2D eigenvalue weighted by Crippen LogP contribution is 2.25. The van der Waals surface area contributed by atoms with Crippen molar-refractivity contribution in [3.05, 3.63) is 89.7 Å². The summed E-state index contributed by atoms with van der Waals surface area (Å²) in [6.45, 7) is 6.84. The van der Waals surface area contributed by atoms with Gasteiger partial charge in [-0.3, -0.25) is 14.7 Å². The van der Waals surface area contributed by atoms with Gasteiger partial charge in [0.2, 0.25) is 5.91 Å². The van der Waals surface area contributed by atoms with E-state index in [9.17, 15) is 4.79 Å². The molecule has 0 N–H and O–H groups in total. The molecule has 1 aliphatic heterocycles. The normalized spacial score (nSPS) is 13.2. The predicted molar refractivity (Wildman–Crippen MR) is 128 cm³/mol. The molecule has 0 atom stereocenters. The molecule has 2 aromatic carbocycles. The lowest BCUT2D eigenvalue weighted by Crippen LogP contribution is -2.33. The van der Waals surface area contributed by atoms with Crippen molar-refractivity contribution < 1.29 is 14.3 Å². The summed E-state index contributed by atoms with van der Waals surface area (Å²) in [6, 6.07) is 20.0. The van der Waals surface area contributed by atoms with E-state index >= 15 is 0 Å².